The molecule has 0 saturated carbocycles. The van der Waals surface area contributed by atoms with E-state index in [0.29, 0.717) is 42.5 Å². The van der Waals surface area contributed by atoms with Crippen LogP contribution in [0.25, 0.3) is 5.78 Å². The molecule has 0 aliphatic carbocycles. The molecule has 1 aromatic carbocycles. The molecule has 0 saturated heterocycles. The van der Waals surface area contributed by atoms with Crippen LogP contribution in [0.3, 0.4) is 0 Å². The Kier molecular flexibility index (Phi) is 5.85. The Balaban J connectivity index is 1.75. The van der Waals surface area contributed by atoms with Crippen LogP contribution < -0.4 is 16.2 Å². The Morgan fingerprint density at radius 1 is 1.22 bits per heavy atom. The first-order chi connectivity index (χ1) is 13.1. The van der Waals surface area contributed by atoms with Crippen molar-refractivity contribution < 1.29 is 4.79 Å². The van der Waals surface area contributed by atoms with Crippen LogP contribution in [0.4, 0.5) is 5.95 Å². The van der Waals surface area contributed by atoms with E-state index in [1.54, 1.807) is 6.92 Å². The van der Waals surface area contributed by atoms with Gasteiger partial charge in [-0.1, -0.05) is 37.3 Å². The largest absolute Gasteiger partial charge is 0.356 e. The van der Waals surface area contributed by atoms with E-state index in [-0.39, 0.29) is 17.9 Å². The Bertz CT molecular complexity index is 977. The van der Waals surface area contributed by atoms with Crippen LogP contribution in [0.1, 0.15) is 36.6 Å². The van der Waals surface area contributed by atoms with Crippen LogP contribution in [-0.4, -0.2) is 32.0 Å². The van der Waals surface area contributed by atoms with Gasteiger partial charge < -0.3 is 10.6 Å². The van der Waals surface area contributed by atoms with Crippen molar-refractivity contribution in [2.75, 3.05) is 11.9 Å². The summed E-state index contributed by atoms with van der Waals surface area (Å²) in [5, 5.41) is 8.92. The Labute approximate surface area is 157 Å². The third-order valence-corrected chi connectivity index (χ3v) is 4.27. The number of aromatic amines is 1. The van der Waals surface area contributed by atoms with Crippen molar-refractivity contribution in [1.29, 1.82) is 0 Å². The van der Waals surface area contributed by atoms with Crippen molar-refractivity contribution in [3.63, 3.8) is 0 Å². The van der Waals surface area contributed by atoms with Crippen LogP contribution >= 0.6 is 0 Å². The highest BCUT2D eigenvalue weighted by Crippen LogP contribution is 2.08. The van der Waals surface area contributed by atoms with Crippen molar-refractivity contribution in [1.82, 2.24) is 24.9 Å². The normalized spacial score (nSPS) is 10.9. The summed E-state index contributed by atoms with van der Waals surface area (Å²) in [7, 11) is 0. The molecule has 0 atom stereocenters. The number of carbonyl (C=O) groups excluding carboxylic acids is 1. The van der Waals surface area contributed by atoms with Gasteiger partial charge in [0.05, 0.1) is 5.69 Å². The van der Waals surface area contributed by atoms with Gasteiger partial charge in [0.25, 0.3) is 11.3 Å². The standard InChI is InChI=1S/C19H24N6O2/c1-3-11-20-16(26)10-9-15-13(2)22-19-23-18(24-25(19)17(15)27)21-12-14-7-5-4-6-8-14/h4-8H,3,9-12H2,1-2H3,(H,20,26)(H2,21,22,23,24). The summed E-state index contributed by atoms with van der Waals surface area (Å²) in [6, 6.07) is 9.90. The van der Waals surface area contributed by atoms with Gasteiger partial charge in [0.1, 0.15) is 0 Å². The number of benzene rings is 1. The molecule has 27 heavy (non-hydrogen) atoms. The molecule has 0 aliphatic rings. The number of rotatable bonds is 8. The van der Waals surface area contributed by atoms with Gasteiger partial charge in [-0.2, -0.15) is 9.50 Å². The van der Waals surface area contributed by atoms with Crippen LogP contribution in [0.5, 0.6) is 0 Å². The number of H-pyrrole nitrogens is 1. The fraction of sp³-hybridized carbons (Fsp3) is 0.368. The SMILES string of the molecule is CCCNC(=O)CCc1c(C)nc2nc(NCc3ccccc3)[nH]n2c1=O. The van der Waals surface area contributed by atoms with Crippen molar-refractivity contribution in [3.8, 4) is 0 Å². The number of aryl methyl sites for hydroxylation is 1. The van der Waals surface area contributed by atoms with Gasteiger partial charge in [0.2, 0.25) is 11.9 Å². The van der Waals surface area contributed by atoms with Crippen molar-refractivity contribution >= 4 is 17.6 Å². The molecular formula is C19H24N6O2. The highest BCUT2D eigenvalue weighted by molar-refractivity contribution is 5.76. The average molecular weight is 368 g/mol. The lowest BCUT2D eigenvalue weighted by Crippen LogP contribution is -2.27. The topological polar surface area (TPSA) is 104 Å². The molecule has 2 heterocycles. The fourth-order valence-corrected chi connectivity index (χ4v) is 2.79. The predicted octanol–water partition coefficient (Wildman–Crippen LogP) is 1.80. The molecule has 3 N–H and O–H groups in total. The second-order valence-electron chi connectivity index (χ2n) is 6.38. The molecule has 8 nitrogen and oxygen atoms in total. The van der Waals surface area contributed by atoms with E-state index in [1.165, 1.54) is 4.52 Å². The van der Waals surface area contributed by atoms with Gasteiger partial charge in [0.15, 0.2) is 0 Å². The number of hydrogen-bond donors (Lipinski definition) is 3. The Morgan fingerprint density at radius 3 is 2.74 bits per heavy atom. The van der Waals surface area contributed by atoms with Crippen molar-refractivity contribution in [2.45, 2.75) is 39.7 Å². The van der Waals surface area contributed by atoms with Gasteiger partial charge in [-0.25, -0.2) is 4.98 Å². The van der Waals surface area contributed by atoms with Crippen molar-refractivity contribution in [2.24, 2.45) is 0 Å². The average Bonchev–Trinajstić information content (AvgIpc) is 3.08. The minimum atomic E-state index is -0.221. The predicted molar refractivity (Wildman–Crippen MR) is 104 cm³/mol. The molecule has 142 valence electrons. The zero-order chi connectivity index (χ0) is 19.2. The van der Waals surface area contributed by atoms with Gasteiger partial charge in [0, 0.05) is 25.1 Å². The molecule has 1 amide bonds. The summed E-state index contributed by atoms with van der Waals surface area (Å²) < 4.78 is 1.32. The quantitative estimate of drug-likeness (QED) is 0.562. The highest BCUT2D eigenvalue weighted by Gasteiger charge is 2.14. The van der Waals surface area contributed by atoms with E-state index in [4.69, 9.17) is 0 Å². The first-order valence-electron chi connectivity index (χ1n) is 9.11. The van der Waals surface area contributed by atoms with Gasteiger partial charge in [-0.3, -0.25) is 14.7 Å². The second kappa shape index (κ2) is 8.48. The lowest BCUT2D eigenvalue weighted by molar-refractivity contribution is -0.121. The zero-order valence-electron chi connectivity index (χ0n) is 15.6. The second-order valence-corrected chi connectivity index (χ2v) is 6.38. The summed E-state index contributed by atoms with van der Waals surface area (Å²) in [5.41, 5.74) is 2.01. The minimum absolute atomic E-state index is 0.0597. The number of fused-ring (bicyclic) bond motifs is 1. The Hall–Kier alpha value is -3.16. The molecule has 0 spiro atoms. The summed E-state index contributed by atoms with van der Waals surface area (Å²) >= 11 is 0. The van der Waals surface area contributed by atoms with Crippen LogP contribution in [0, 0.1) is 6.92 Å². The van der Waals surface area contributed by atoms with Gasteiger partial charge in [-0.15, -0.1) is 0 Å². The third-order valence-electron chi connectivity index (χ3n) is 4.27. The number of amides is 1. The maximum Gasteiger partial charge on any atom is 0.277 e. The first-order valence-corrected chi connectivity index (χ1v) is 9.11. The lowest BCUT2D eigenvalue weighted by atomic mass is 10.1. The summed E-state index contributed by atoms with van der Waals surface area (Å²) in [5.74, 6) is 0.725. The number of anilines is 1. The maximum atomic E-state index is 12.8. The number of nitrogens with zero attached hydrogens (tertiary/aromatic N) is 3. The molecule has 2 aromatic heterocycles. The Morgan fingerprint density at radius 2 is 2.00 bits per heavy atom. The number of aromatic nitrogens is 4. The van der Waals surface area contributed by atoms with Crippen molar-refractivity contribution in [3.05, 3.63) is 57.5 Å². The number of hydrogen-bond acceptors (Lipinski definition) is 5. The minimum Gasteiger partial charge on any atom is -0.356 e. The van der Waals surface area contributed by atoms with Gasteiger partial charge >= 0.3 is 0 Å². The molecule has 3 aromatic rings. The molecule has 3 rings (SSSR count). The number of nitrogens with one attached hydrogen (secondary N) is 3. The molecule has 0 unspecified atom stereocenters. The molecule has 0 bridgehead atoms. The van der Waals surface area contributed by atoms with Crippen LogP contribution in [-0.2, 0) is 17.8 Å². The molecular weight excluding hydrogens is 344 g/mol. The summed E-state index contributed by atoms with van der Waals surface area (Å²) in [4.78, 5) is 33.3. The van der Waals surface area contributed by atoms with E-state index in [2.05, 4.69) is 25.7 Å². The van der Waals surface area contributed by atoms with E-state index in [0.717, 1.165) is 12.0 Å². The number of carbonyl (C=O) groups is 1. The smallest absolute Gasteiger partial charge is 0.277 e. The lowest BCUT2D eigenvalue weighted by Gasteiger charge is -2.05. The van der Waals surface area contributed by atoms with E-state index >= 15 is 0 Å². The summed E-state index contributed by atoms with van der Waals surface area (Å²) in [6.45, 7) is 4.99. The fourth-order valence-electron chi connectivity index (χ4n) is 2.79. The maximum absolute atomic E-state index is 12.8. The first kappa shape index (κ1) is 18.6. The monoisotopic (exact) mass is 368 g/mol. The third kappa shape index (κ3) is 4.52. The molecule has 0 aliphatic heterocycles. The van der Waals surface area contributed by atoms with Gasteiger partial charge in [-0.05, 0) is 25.3 Å². The summed E-state index contributed by atoms with van der Waals surface area (Å²) in [6.07, 6.45) is 1.49. The van der Waals surface area contributed by atoms with Crippen LogP contribution in [0.2, 0.25) is 0 Å². The molecule has 8 heteroatoms. The molecule has 0 radical (unpaired) electrons. The molecule has 0 fully saturated rings. The van der Waals surface area contributed by atoms with E-state index in [9.17, 15) is 9.59 Å². The highest BCUT2D eigenvalue weighted by atomic mass is 16.1. The zero-order valence-corrected chi connectivity index (χ0v) is 15.6. The van der Waals surface area contributed by atoms with E-state index < -0.39 is 0 Å². The van der Waals surface area contributed by atoms with Crippen LogP contribution in [0.15, 0.2) is 35.1 Å². The van der Waals surface area contributed by atoms with E-state index in [1.807, 2.05) is 37.3 Å².